The number of anilines is 1. The molecule has 1 aromatic carbocycles. The van der Waals surface area contributed by atoms with E-state index in [0.29, 0.717) is 12.3 Å². The molecular weight excluding hydrogens is 267 g/mol. The number of methoxy groups -OCH3 is 1. The molecule has 2 rings (SSSR count). The number of hydrogen-bond donors (Lipinski definition) is 1. The second-order valence-corrected chi connectivity index (χ2v) is 4.54. The number of pyridine rings is 1. The molecule has 3 nitrogen and oxygen atoms in total. The van der Waals surface area contributed by atoms with Crippen molar-refractivity contribution in [2.45, 2.75) is 13.5 Å². The first kappa shape index (κ1) is 13.6. The molecule has 0 fully saturated rings. The third-order valence-corrected chi connectivity index (χ3v) is 2.98. The van der Waals surface area contributed by atoms with Gasteiger partial charge in [0.05, 0.1) is 24.0 Å². The number of hydrogen-bond acceptors (Lipinski definition) is 3. The van der Waals surface area contributed by atoms with Crippen LogP contribution in [0, 0.1) is 12.7 Å². The smallest absolute Gasteiger partial charge is 0.160 e. The molecule has 0 spiro atoms. The first-order valence-electron chi connectivity index (χ1n) is 5.78. The number of rotatable bonds is 4. The van der Waals surface area contributed by atoms with E-state index in [1.165, 1.54) is 6.07 Å². The van der Waals surface area contributed by atoms with Crippen molar-refractivity contribution in [1.82, 2.24) is 4.98 Å². The van der Waals surface area contributed by atoms with Crippen LogP contribution in [0.15, 0.2) is 30.5 Å². The van der Waals surface area contributed by atoms with Crippen molar-refractivity contribution in [1.29, 1.82) is 0 Å². The molecule has 1 heterocycles. The van der Waals surface area contributed by atoms with Gasteiger partial charge in [-0.25, -0.2) is 4.39 Å². The summed E-state index contributed by atoms with van der Waals surface area (Å²) in [5.74, 6) is 0.251. The Morgan fingerprint density at radius 3 is 2.84 bits per heavy atom. The topological polar surface area (TPSA) is 34.1 Å². The molecule has 0 aliphatic rings. The van der Waals surface area contributed by atoms with Crippen LogP contribution in [-0.2, 0) is 6.54 Å². The summed E-state index contributed by atoms with van der Waals surface area (Å²) in [5, 5.41) is 3.34. The van der Waals surface area contributed by atoms with Crippen molar-refractivity contribution in [2.75, 3.05) is 12.4 Å². The van der Waals surface area contributed by atoms with Crippen molar-refractivity contribution in [3.05, 3.63) is 52.6 Å². The van der Waals surface area contributed by atoms with Crippen LogP contribution in [0.3, 0.4) is 0 Å². The summed E-state index contributed by atoms with van der Waals surface area (Å²) in [6.07, 6.45) is 1.66. The van der Waals surface area contributed by atoms with Crippen LogP contribution in [0.2, 0.25) is 5.02 Å². The van der Waals surface area contributed by atoms with Gasteiger partial charge in [-0.1, -0.05) is 17.7 Å². The predicted molar refractivity (Wildman–Crippen MR) is 74.3 cm³/mol. The van der Waals surface area contributed by atoms with Gasteiger partial charge in [-0.2, -0.15) is 0 Å². The molecule has 19 heavy (non-hydrogen) atoms. The summed E-state index contributed by atoms with van der Waals surface area (Å²) < 4.78 is 18.3. The summed E-state index contributed by atoms with van der Waals surface area (Å²) in [7, 11) is 1.59. The molecule has 1 aromatic heterocycles. The number of benzene rings is 1. The lowest BCUT2D eigenvalue weighted by atomic mass is 10.2. The van der Waals surface area contributed by atoms with E-state index >= 15 is 0 Å². The zero-order chi connectivity index (χ0) is 13.8. The maximum Gasteiger partial charge on any atom is 0.160 e. The first-order valence-corrected chi connectivity index (χ1v) is 6.16. The van der Waals surface area contributed by atoms with Crippen molar-refractivity contribution in [3.8, 4) is 5.75 Å². The highest BCUT2D eigenvalue weighted by Gasteiger charge is 2.05. The second-order valence-electron chi connectivity index (χ2n) is 4.13. The first-order chi connectivity index (χ1) is 9.10. The Bertz CT molecular complexity index is 590. The van der Waals surface area contributed by atoms with Crippen LogP contribution in [0.1, 0.15) is 11.3 Å². The number of halogens is 2. The number of aromatic nitrogens is 1. The predicted octanol–water partition coefficient (Wildman–Crippen LogP) is 3.80. The Hall–Kier alpha value is -1.81. The zero-order valence-corrected chi connectivity index (χ0v) is 11.5. The van der Waals surface area contributed by atoms with E-state index in [4.69, 9.17) is 16.3 Å². The lowest BCUT2D eigenvalue weighted by molar-refractivity contribution is 0.414. The van der Waals surface area contributed by atoms with Gasteiger partial charge < -0.3 is 10.1 Å². The van der Waals surface area contributed by atoms with Gasteiger partial charge in [-0.05, 0) is 30.7 Å². The van der Waals surface area contributed by atoms with Crippen molar-refractivity contribution < 1.29 is 9.13 Å². The quantitative estimate of drug-likeness (QED) is 0.925. The molecule has 0 unspecified atom stereocenters. The van der Waals surface area contributed by atoms with Crippen LogP contribution in [0.25, 0.3) is 0 Å². The van der Waals surface area contributed by atoms with Gasteiger partial charge in [0, 0.05) is 12.2 Å². The van der Waals surface area contributed by atoms with E-state index in [-0.39, 0.29) is 5.02 Å². The van der Waals surface area contributed by atoms with E-state index in [1.807, 2.05) is 13.0 Å². The Labute approximate surface area is 116 Å². The van der Waals surface area contributed by atoms with Crippen LogP contribution in [-0.4, -0.2) is 12.1 Å². The van der Waals surface area contributed by atoms with Gasteiger partial charge in [-0.15, -0.1) is 0 Å². The van der Waals surface area contributed by atoms with Gasteiger partial charge in [-0.3, -0.25) is 4.98 Å². The van der Waals surface area contributed by atoms with E-state index in [1.54, 1.807) is 25.4 Å². The maximum atomic E-state index is 13.1. The number of aryl methyl sites for hydroxylation is 1. The summed E-state index contributed by atoms with van der Waals surface area (Å²) in [5.41, 5.74) is 2.62. The summed E-state index contributed by atoms with van der Waals surface area (Å²) in [4.78, 5) is 4.16. The molecule has 0 amide bonds. The van der Waals surface area contributed by atoms with Crippen molar-refractivity contribution in [3.63, 3.8) is 0 Å². The standard InChI is InChI=1S/C14H14ClFN2O/c1-9-5-13(14(19-2)8-17-9)18-7-10-3-4-12(16)11(15)6-10/h3-6,8H,7H2,1-2H3,(H,17,18). The second kappa shape index (κ2) is 5.89. The normalized spacial score (nSPS) is 10.3. The molecule has 0 saturated heterocycles. The highest BCUT2D eigenvalue weighted by molar-refractivity contribution is 6.30. The van der Waals surface area contributed by atoms with Crippen molar-refractivity contribution >= 4 is 17.3 Å². The zero-order valence-electron chi connectivity index (χ0n) is 10.7. The monoisotopic (exact) mass is 280 g/mol. The molecule has 0 radical (unpaired) electrons. The number of ether oxygens (including phenoxy) is 1. The maximum absolute atomic E-state index is 13.1. The Kier molecular flexibility index (Phi) is 4.22. The SMILES string of the molecule is COc1cnc(C)cc1NCc1ccc(F)c(Cl)c1. The Balaban J connectivity index is 2.13. The minimum absolute atomic E-state index is 0.122. The van der Waals surface area contributed by atoms with Gasteiger partial charge in [0.1, 0.15) is 5.82 Å². The average Bonchev–Trinajstić information content (AvgIpc) is 2.40. The molecule has 0 bridgehead atoms. The summed E-state index contributed by atoms with van der Waals surface area (Å²) in [6.45, 7) is 2.43. The Morgan fingerprint density at radius 2 is 2.16 bits per heavy atom. The van der Waals surface area contributed by atoms with E-state index < -0.39 is 5.82 Å². The van der Waals surface area contributed by atoms with E-state index in [9.17, 15) is 4.39 Å². The molecule has 1 N–H and O–H groups in total. The number of nitrogens with one attached hydrogen (secondary N) is 1. The van der Waals surface area contributed by atoms with Gasteiger partial charge >= 0.3 is 0 Å². The molecule has 0 aliphatic carbocycles. The molecule has 100 valence electrons. The van der Waals surface area contributed by atoms with Gasteiger partial charge in [0.15, 0.2) is 5.75 Å². The lowest BCUT2D eigenvalue weighted by Gasteiger charge is -2.11. The lowest BCUT2D eigenvalue weighted by Crippen LogP contribution is -2.02. The Morgan fingerprint density at radius 1 is 1.37 bits per heavy atom. The average molecular weight is 281 g/mol. The molecule has 5 heteroatoms. The van der Waals surface area contributed by atoms with Gasteiger partial charge in [0.2, 0.25) is 0 Å². The number of nitrogens with zero attached hydrogens (tertiary/aromatic N) is 1. The minimum atomic E-state index is -0.414. The van der Waals surface area contributed by atoms with E-state index in [0.717, 1.165) is 16.9 Å². The molecule has 2 aromatic rings. The fraction of sp³-hybridized carbons (Fsp3) is 0.214. The van der Waals surface area contributed by atoms with Crippen molar-refractivity contribution in [2.24, 2.45) is 0 Å². The molecular formula is C14H14ClFN2O. The van der Waals surface area contributed by atoms with Crippen LogP contribution < -0.4 is 10.1 Å². The van der Waals surface area contributed by atoms with E-state index in [2.05, 4.69) is 10.3 Å². The summed E-state index contributed by atoms with van der Waals surface area (Å²) in [6, 6.07) is 6.54. The largest absolute Gasteiger partial charge is 0.493 e. The van der Waals surface area contributed by atoms with Crippen LogP contribution in [0.4, 0.5) is 10.1 Å². The molecule has 0 aliphatic heterocycles. The highest BCUT2D eigenvalue weighted by atomic mass is 35.5. The van der Waals surface area contributed by atoms with Crippen LogP contribution in [0.5, 0.6) is 5.75 Å². The van der Waals surface area contributed by atoms with Gasteiger partial charge in [0.25, 0.3) is 0 Å². The summed E-state index contributed by atoms with van der Waals surface area (Å²) >= 11 is 5.74. The molecule has 0 saturated carbocycles. The fourth-order valence-corrected chi connectivity index (χ4v) is 1.90. The third-order valence-electron chi connectivity index (χ3n) is 2.69. The fourth-order valence-electron chi connectivity index (χ4n) is 1.69. The van der Waals surface area contributed by atoms with Crippen LogP contribution >= 0.6 is 11.6 Å². The minimum Gasteiger partial charge on any atom is -0.493 e. The third kappa shape index (κ3) is 3.35. The highest BCUT2D eigenvalue weighted by Crippen LogP contribution is 2.24. The molecule has 0 atom stereocenters.